The Morgan fingerprint density at radius 3 is 1.72 bits per heavy atom. The van der Waals surface area contributed by atoms with Crippen LogP contribution in [0.15, 0.2) is 54.6 Å². The molecule has 0 atom stereocenters. The van der Waals surface area contributed by atoms with Gasteiger partial charge in [0, 0.05) is 16.7 Å². The molecule has 88 valence electrons. The molecule has 0 heterocycles. The second-order valence-electron chi connectivity index (χ2n) is 3.76. The summed E-state index contributed by atoms with van der Waals surface area (Å²) in [6.07, 6.45) is 0.688. The van der Waals surface area contributed by atoms with Gasteiger partial charge in [-0.25, -0.2) is 0 Å². The zero-order chi connectivity index (χ0) is 13.0. The fraction of sp³-hybridized carbons (Fsp3) is 0. The zero-order valence-corrected chi connectivity index (χ0v) is 9.50. The van der Waals surface area contributed by atoms with Gasteiger partial charge in [0.05, 0.1) is 0 Å². The molecule has 0 aliphatic heterocycles. The summed E-state index contributed by atoms with van der Waals surface area (Å²) in [6.45, 7) is 0. The van der Waals surface area contributed by atoms with Gasteiger partial charge in [-0.3, -0.25) is 14.4 Å². The summed E-state index contributed by atoms with van der Waals surface area (Å²) in [4.78, 5) is 34.3. The normalized spacial score (nSPS) is 9.78. The van der Waals surface area contributed by atoms with Crippen LogP contribution in [0.2, 0.25) is 0 Å². The molecular weight excluding hydrogens is 228 g/mol. The third kappa shape index (κ3) is 2.40. The number of ketones is 2. The quantitative estimate of drug-likeness (QED) is 0.467. The SMILES string of the molecule is O=Cc1ccc(C(=O)C(=O)c2ccccc2)cc1. The summed E-state index contributed by atoms with van der Waals surface area (Å²) in [5.74, 6) is -1.12. The first kappa shape index (κ1) is 11.9. The largest absolute Gasteiger partial charge is 0.298 e. The minimum atomic E-state index is -0.571. The van der Waals surface area contributed by atoms with Crippen molar-refractivity contribution in [2.45, 2.75) is 0 Å². The summed E-state index contributed by atoms with van der Waals surface area (Å²) >= 11 is 0. The number of benzene rings is 2. The molecule has 0 amide bonds. The van der Waals surface area contributed by atoms with Crippen LogP contribution in [-0.2, 0) is 0 Å². The molecule has 0 fully saturated rings. The molecule has 0 radical (unpaired) electrons. The van der Waals surface area contributed by atoms with Crippen LogP contribution in [0, 0.1) is 0 Å². The number of carbonyl (C=O) groups excluding carboxylic acids is 3. The van der Waals surface area contributed by atoms with Gasteiger partial charge in [-0.15, -0.1) is 0 Å². The lowest BCUT2D eigenvalue weighted by atomic mass is 10.0. The fourth-order valence-electron chi connectivity index (χ4n) is 1.56. The van der Waals surface area contributed by atoms with Crippen molar-refractivity contribution in [2.75, 3.05) is 0 Å². The van der Waals surface area contributed by atoms with Crippen molar-refractivity contribution >= 4 is 17.9 Å². The Morgan fingerprint density at radius 1 is 0.722 bits per heavy atom. The van der Waals surface area contributed by atoms with Crippen LogP contribution in [0.5, 0.6) is 0 Å². The number of hydrogen-bond donors (Lipinski definition) is 0. The lowest BCUT2D eigenvalue weighted by Crippen LogP contribution is -2.14. The second-order valence-corrected chi connectivity index (χ2v) is 3.76. The van der Waals surface area contributed by atoms with E-state index < -0.39 is 11.6 Å². The fourth-order valence-corrected chi connectivity index (χ4v) is 1.56. The minimum Gasteiger partial charge on any atom is -0.298 e. The van der Waals surface area contributed by atoms with Crippen molar-refractivity contribution in [2.24, 2.45) is 0 Å². The van der Waals surface area contributed by atoms with Crippen LogP contribution >= 0.6 is 0 Å². The maximum Gasteiger partial charge on any atom is 0.233 e. The van der Waals surface area contributed by atoms with E-state index in [1.807, 2.05) is 0 Å². The minimum absolute atomic E-state index is 0.287. The van der Waals surface area contributed by atoms with Crippen LogP contribution in [-0.4, -0.2) is 17.9 Å². The van der Waals surface area contributed by atoms with Gasteiger partial charge in [0.1, 0.15) is 6.29 Å². The van der Waals surface area contributed by atoms with E-state index in [-0.39, 0.29) is 5.56 Å². The van der Waals surface area contributed by atoms with Crippen LogP contribution < -0.4 is 0 Å². The predicted octanol–water partition coefficient (Wildman–Crippen LogP) is 2.56. The summed E-state index contributed by atoms with van der Waals surface area (Å²) in [6, 6.07) is 14.4. The molecule has 0 aromatic heterocycles. The van der Waals surface area contributed by atoms with E-state index in [1.165, 1.54) is 24.3 Å². The van der Waals surface area contributed by atoms with Gasteiger partial charge >= 0.3 is 0 Å². The monoisotopic (exact) mass is 238 g/mol. The lowest BCUT2D eigenvalue weighted by Gasteiger charge is -2.00. The van der Waals surface area contributed by atoms with Crippen molar-refractivity contribution in [3.63, 3.8) is 0 Å². The van der Waals surface area contributed by atoms with Crippen LogP contribution in [0.3, 0.4) is 0 Å². The molecule has 3 heteroatoms. The number of rotatable bonds is 4. The van der Waals surface area contributed by atoms with E-state index >= 15 is 0 Å². The van der Waals surface area contributed by atoms with Crippen molar-refractivity contribution in [1.29, 1.82) is 0 Å². The Balaban J connectivity index is 2.26. The van der Waals surface area contributed by atoms with Gasteiger partial charge in [0.25, 0.3) is 0 Å². The molecule has 0 saturated heterocycles. The van der Waals surface area contributed by atoms with Crippen molar-refractivity contribution < 1.29 is 14.4 Å². The molecule has 0 bridgehead atoms. The first-order chi connectivity index (χ1) is 8.72. The summed E-state index contributed by atoms with van der Waals surface area (Å²) < 4.78 is 0. The average molecular weight is 238 g/mol. The molecule has 0 unspecified atom stereocenters. The van der Waals surface area contributed by atoms with Gasteiger partial charge in [-0.1, -0.05) is 54.6 Å². The van der Waals surface area contributed by atoms with E-state index in [2.05, 4.69) is 0 Å². The highest BCUT2D eigenvalue weighted by Crippen LogP contribution is 2.08. The molecule has 3 nitrogen and oxygen atoms in total. The van der Waals surface area contributed by atoms with E-state index in [4.69, 9.17) is 0 Å². The molecule has 0 N–H and O–H groups in total. The molecular formula is C15H10O3. The third-order valence-corrected chi connectivity index (χ3v) is 2.55. The van der Waals surface area contributed by atoms with Gasteiger partial charge in [0.2, 0.25) is 11.6 Å². The van der Waals surface area contributed by atoms with Crippen LogP contribution in [0.1, 0.15) is 31.1 Å². The van der Waals surface area contributed by atoms with E-state index in [9.17, 15) is 14.4 Å². The molecule has 18 heavy (non-hydrogen) atoms. The van der Waals surface area contributed by atoms with Gasteiger partial charge < -0.3 is 0 Å². The maximum atomic E-state index is 11.9. The summed E-state index contributed by atoms with van der Waals surface area (Å²) in [7, 11) is 0. The Labute approximate surface area is 104 Å². The molecule has 0 saturated carbocycles. The predicted molar refractivity (Wildman–Crippen MR) is 66.9 cm³/mol. The highest BCUT2D eigenvalue weighted by molar-refractivity contribution is 6.49. The van der Waals surface area contributed by atoms with Crippen LogP contribution in [0.4, 0.5) is 0 Å². The molecule has 0 aliphatic carbocycles. The topological polar surface area (TPSA) is 51.2 Å². The first-order valence-electron chi connectivity index (χ1n) is 5.41. The summed E-state index contributed by atoms with van der Waals surface area (Å²) in [5, 5.41) is 0. The Bertz CT molecular complexity index is 583. The average Bonchev–Trinajstić information content (AvgIpc) is 2.47. The van der Waals surface area contributed by atoms with Crippen LogP contribution in [0.25, 0.3) is 0 Å². The maximum absolute atomic E-state index is 11.9. The number of aldehydes is 1. The zero-order valence-electron chi connectivity index (χ0n) is 9.50. The van der Waals surface area contributed by atoms with Crippen molar-refractivity contribution in [1.82, 2.24) is 0 Å². The Kier molecular flexibility index (Phi) is 3.44. The van der Waals surface area contributed by atoms with E-state index in [1.54, 1.807) is 30.3 Å². The second kappa shape index (κ2) is 5.19. The molecule has 2 aromatic carbocycles. The Hall–Kier alpha value is -2.55. The van der Waals surface area contributed by atoms with Crippen molar-refractivity contribution in [3.05, 3.63) is 71.3 Å². The molecule has 2 aromatic rings. The van der Waals surface area contributed by atoms with Crippen molar-refractivity contribution in [3.8, 4) is 0 Å². The molecule has 2 rings (SSSR count). The van der Waals surface area contributed by atoms with Gasteiger partial charge in [-0.05, 0) is 0 Å². The molecule has 0 aliphatic rings. The lowest BCUT2D eigenvalue weighted by molar-refractivity contribution is 0.0817. The van der Waals surface area contributed by atoms with Gasteiger partial charge in [-0.2, -0.15) is 0 Å². The smallest absolute Gasteiger partial charge is 0.233 e. The highest BCUT2D eigenvalue weighted by atomic mass is 16.2. The number of carbonyl (C=O) groups is 3. The van der Waals surface area contributed by atoms with Gasteiger partial charge in [0.15, 0.2) is 0 Å². The van der Waals surface area contributed by atoms with E-state index in [0.29, 0.717) is 17.4 Å². The number of Topliss-reactive ketones (excluding diaryl/α,β-unsaturated/α-hetero) is 2. The summed E-state index contributed by atoms with van der Waals surface area (Å²) in [5.41, 5.74) is 1.12. The standard InChI is InChI=1S/C15H10O3/c16-10-11-6-8-13(9-7-11)15(18)14(17)12-4-2-1-3-5-12/h1-10H. The first-order valence-corrected chi connectivity index (χ1v) is 5.41. The molecule has 0 spiro atoms. The third-order valence-electron chi connectivity index (χ3n) is 2.55. The highest BCUT2D eigenvalue weighted by Gasteiger charge is 2.17. The Morgan fingerprint density at radius 2 is 1.22 bits per heavy atom. The number of hydrogen-bond acceptors (Lipinski definition) is 3. The van der Waals surface area contributed by atoms with E-state index in [0.717, 1.165) is 0 Å².